The van der Waals surface area contributed by atoms with E-state index in [4.69, 9.17) is 5.11 Å². The Hall–Kier alpha value is -2.14. The third-order valence-corrected chi connectivity index (χ3v) is 3.68. The summed E-state index contributed by atoms with van der Waals surface area (Å²) >= 11 is 0. The molecule has 1 amide bonds. The van der Waals surface area contributed by atoms with E-state index >= 15 is 0 Å². The number of nitrogens with zero attached hydrogens (tertiary/aromatic N) is 1. The van der Waals surface area contributed by atoms with Crippen molar-refractivity contribution in [1.82, 2.24) is 5.32 Å². The van der Waals surface area contributed by atoms with Crippen LogP contribution >= 0.6 is 0 Å². The Kier molecular flexibility index (Phi) is 4.75. The maximum atomic E-state index is 11.7. The number of rotatable bonds is 7. The number of anilines is 1. The molecular weight excluding hydrogens is 268 g/mol. The van der Waals surface area contributed by atoms with Gasteiger partial charge in [0.05, 0.1) is 12.8 Å². The van der Waals surface area contributed by atoms with Crippen LogP contribution in [-0.4, -0.2) is 36.6 Å². The SMILES string of the molecule is C=CCNC(CC(=O)O)Cc1ccc2c(c1)CC(=O)N2C. The summed E-state index contributed by atoms with van der Waals surface area (Å²) in [5.41, 5.74) is 3.00. The molecule has 0 aliphatic carbocycles. The zero-order valence-electron chi connectivity index (χ0n) is 12.1. The number of carbonyl (C=O) groups is 2. The van der Waals surface area contributed by atoms with Crippen LogP contribution in [0.1, 0.15) is 17.5 Å². The molecule has 0 radical (unpaired) electrons. The molecule has 0 aromatic heterocycles. The molecule has 2 N–H and O–H groups in total. The van der Waals surface area contributed by atoms with Crippen molar-refractivity contribution in [2.24, 2.45) is 0 Å². The average molecular weight is 288 g/mol. The second-order valence-corrected chi connectivity index (χ2v) is 5.29. The van der Waals surface area contributed by atoms with Crippen LogP contribution in [0, 0.1) is 0 Å². The highest BCUT2D eigenvalue weighted by Crippen LogP contribution is 2.28. The van der Waals surface area contributed by atoms with Gasteiger partial charge in [-0.15, -0.1) is 6.58 Å². The lowest BCUT2D eigenvalue weighted by Gasteiger charge is -2.17. The van der Waals surface area contributed by atoms with Gasteiger partial charge < -0.3 is 15.3 Å². The fourth-order valence-electron chi connectivity index (χ4n) is 2.61. The van der Waals surface area contributed by atoms with Crippen LogP contribution in [0.4, 0.5) is 5.69 Å². The minimum absolute atomic E-state index is 0.0593. The van der Waals surface area contributed by atoms with Crippen LogP contribution in [-0.2, 0) is 22.4 Å². The molecule has 1 aromatic rings. The molecule has 1 atom stereocenters. The van der Waals surface area contributed by atoms with E-state index in [1.807, 2.05) is 18.2 Å². The third-order valence-electron chi connectivity index (χ3n) is 3.68. The first kappa shape index (κ1) is 15.3. The van der Waals surface area contributed by atoms with E-state index in [-0.39, 0.29) is 18.4 Å². The Morgan fingerprint density at radius 2 is 2.33 bits per heavy atom. The first-order chi connectivity index (χ1) is 10.0. The van der Waals surface area contributed by atoms with Crippen LogP contribution < -0.4 is 10.2 Å². The molecule has 0 saturated carbocycles. The number of carboxylic acid groups (broad SMARTS) is 1. The predicted octanol–water partition coefficient (Wildman–Crippen LogP) is 1.37. The third kappa shape index (κ3) is 3.70. The molecule has 0 bridgehead atoms. The number of benzene rings is 1. The summed E-state index contributed by atoms with van der Waals surface area (Å²) in [6, 6.07) is 5.74. The van der Waals surface area contributed by atoms with E-state index in [1.165, 1.54) is 0 Å². The van der Waals surface area contributed by atoms with Gasteiger partial charge in [-0.3, -0.25) is 9.59 Å². The molecule has 112 valence electrons. The quantitative estimate of drug-likeness (QED) is 0.743. The Morgan fingerprint density at radius 3 is 3.00 bits per heavy atom. The van der Waals surface area contributed by atoms with Crippen molar-refractivity contribution in [2.45, 2.75) is 25.3 Å². The minimum atomic E-state index is -0.826. The molecule has 1 aromatic carbocycles. The number of fused-ring (bicyclic) bond motifs is 1. The number of nitrogens with one attached hydrogen (secondary N) is 1. The maximum Gasteiger partial charge on any atom is 0.304 e. The molecule has 5 nitrogen and oxygen atoms in total. The number of hydrogen-bond acceptors (Lipinski definition) is 3. The standard InChI is InChI=1S/C16H20N2O3/c1-3-6-17-13(10-16(20)21)8-11-4-5-14-12(7-11)9-15(19)18(14)2/h3-5,7,13,17H,1,6,8-10H2,2H3,(H,20,21). The van der Waals surface area contributed by atoms with Gasteiger partial charge in [-0.1, -0.05) is 18.2 Å². The van der Waals surface area contributed by atoms with Gasteiger partial charge in [-0.25, -0.2) is 0 Å². The molecule has 1 heterocycles. The molecular formula is C16H20N2O3. The van der Waals surface area contributed by atoms with Crippen molar-refractivity contribution < 1.29 is 14.7 Å². The lowest BCUT2D eigenvalue weighted by molar-refractivity contribution is -0.137. The highest BCUT2D eigenvalue weighted by molar-refractivity contribution is 6.00. The molecule has 0 spiro atoms. The predicted molar refractivity (Wildman–Crippen MR) is 81.5 cm³/mol. The monoisotopic (exact) mass is 288 g/mol. The van der Waals surface area contributed by atoms with Gasteiger partial charge in [0.25, 0.3) is 0 Å². The van der Waals surface area contributed by atoms with E-state index in [0.29, 0.717) is 19.4 Å². The molecule has 1 aliphatic rings. The summed E-state index contributed by atoms with van der Waals surface area (Å²) in [7, 11) is 1.77. The smallest absolute Gasteiger partial charge is 0.304 e. The van der Waals surface area contributed by atoms with E-state index < -0.39 is 5.97 Å². The van der Waals surface area contributed by atoms with Gasteiger partial charge in [0, 0.05) is 25.3 Å². The topological polar surface area (TPSA) is 69.6 Å². The minimum Gasteiger partial charge on any atom is -0.481 e. The van der Waals surface area contributed by atoms with Crippen LogP contribution in [0.2, 0.25) is 0 Å². The van der Waals surface area contributed by atoms with Gasteiger partial charge in [0.15, 0.2) is 0 Å². The molecule has 21 heavy (non-hydrogen) atoms. The van der Waals surface area contributed by atoms with Crippen LogP contribution in [0.3, 0.4) is 0 Å². The number of aliphatic carboxylic acids is 1. The second-order valence-electron chi connectivity index (χ2n) is 5.29. The van der Waals surface area contributed by atoms with Crippen molar-refractivity contribution in [1.29, 1.82) is 0 Å². The van der Waals surface area contributed by atoms with Crippen molar-refractivity contribution in [3.05, 3.63) is 42.0 Å². The van der Waals surface area contributed by atoms with Crippen LogP contribution in [0.5, 0.6) is 0 Å². The average Bonchev–Trinajstić information content (AvgIpc) is 2.70. The number of likely N-dealkylation sites (N-methyl/N-ethyl adjacent to an activating group) is 1. The molecule has 5 heteroatoms. The summed E-state index contributed by atoms with van der Waals surface area (Å²) in [6.07, 6.45) is 2.81. The summed E-state index contributed by atoms with van der Waals surface area (Å²) in [5.74, 6) is -0.735. The highest BCUT2D eigenvalue weighted by Gasteiger charge is 2.24. The number of carbonyl (C=O) groups excluding carboxylic acids is 1. The summed E-state index contributed by atoms with van der Waals surface area (Å²) in [5, 5.41) is 12.1. The molecule has 0 saturated heterocycles. The summed E-state index contributed by atoms with van der Waals surface area (Å²) in [6.45, 7) is 4.20. The lowest BCUT2D eigenvalue weighted by Crippen LogP contribution is -2.33. The van der Waals surface area contributed by atoms with Crippen molar-refractivity contribution in [3.63, 3.8) is 0 Å². The zero-order valence-corrected chi connectivity index (χ0v) is 12.1. The largest absolute Gasteiger partial charge is 0.481 e. The maximum absolute atomic E-state index is 11.7. The first-order valence-corrected chi connectivity index (χ1v) is 6.95. The van der Waals surface area contributed by atoms with E-state index in [0.717, 1.165) is 16.8 Å². The Balaban J connectivity index is 2.10. The van der Waals surface area contributed by atoms with Crippen LogP contribution in [0.25, 0.3) is 0 Å². The fraction of sp³-hybridized carbons (Fsp3) is 0.375. The zero-order chi connectivity index (χ0) is 15.4. The van der Waals surface area contributed by atoms with Crippen molar-refractivity contribution in [3.8, 4) is 0 Å². The van der Waals surface area contributed by atoms with Gasteiger partial charge in [0.1, 0.15) is 0 Å². The van der Waals surface area contributed by atoms with E-state index in [2.05, 4.69) is 11.9 Å². The number of hydrogen-bond donors (Lipinski definition) is 2. The fourth-order valence-corrected chi connectivity index (χ4v) is 2.61. The highest BCUT2D eigenvalue weighted by atomic mass is 16.4. The normalized spacial score (nSPS) is 14.9. The van der Waals surface area contributed by atoms with Gasteiger partial charge >= 0.3 is 5.97 Å². The second kappa shape index (κ2) is 6.54. The van der Waals surface area contributed by atoms with E-state index in [1.54, 1.807) is 18.0 Å². The summed E-state index contributed by atoms with van der Waals surface area (Å²) in [4.78, 5) is 24.3. The Labute approximate surface area is 124 Å². The summed E-state index contributed by atoms with van der Waals surface area (Å²) < 4.78 is 0. The molecule has 1 aliphatic heterocycles. The molecule has 1 unspecified atom stereocenters. The molecule has 2 rings (SSSR count). The lowest BCUT2D eigenvalue weighted by atomic mass is 10.00. The Morgan fingerprint density at radius 1 is 1.57 bits per heavy atom. The first-order valence-electron chi connectivity index (χ1n) is 6.95. The van der Waals surface area contributed by atoms with Gasteiger partial charge in [0.2, 0.25) is 5.91 Å². The van der Waals surface area contributed by atoms with Crippen LogP contribution in [0.15, 0.2) is 30.9 Å². The van der Waals surface area contributed by atoms with Crippen molar-refractivity contribution >= 4 is 17.6 Å². The van der Waals surface area contributed by atoms with Gasteiger partial charge in [-0.2, -0.15) is 0 Å². The molecule has 0 fully saturated rings. The number of amides is 1. The number of carboxylic acids is 1. The van der Waals surface area contributed by atoms with Crippen molar-refractivity contribution in [2.75, 3.05) is 18.5 Å². The Bertz CT molecular complexity index is 569. The van der Waals surface area contributed by atoms with E-state index in [9.17, 15) is 9.59 Å². The van der Waals surface area contributed by atoms with Gasteiger partial charge in [-0.05, 0) is 23.6 Å².